The third-order valence-electron chi connectivity index (χ3n) is 1.75. The highest BCUT2D eigenvalue weighted by Crippen LogP contribution is 2.22. The molecule has 0 unspecified atom stereocenters. The molecule has 1 heterocycles. The van der Waals surface area contributed by atoms with Crippen LogP contribution in [0.3, 0.4) is 0 Å². The van der Waals surface area contributed by atoms with Gasteiger partial charge < -0.3 is 5.11 Å². The smallest absolute Gasteiger partial charge is 0.126 e. The van der Waals surface area contributed by atoms with E-state index in [4.69, 9.17) is 0 Å². The van der Waals surface area contributed by atoms with Crippen molar-refractivity contribution < 1.29 is 5.11 Å². The van der Waals surface area contributed by atoms with Gasteiger partial charge in [-0.25, -0.2) is 0 Å². The van der Waals surface area contributed by atoms with Crippen LogP contribution in [0.25, 0.3) is 10.9 Å². The Balaban J connectivity index is 2.89. The average molecular weight is 158 g/mol. The first kappa shape index (κ1) is 7.10. The Morgan fingerprint density at radius 1 is 1.25 bits per heavy atom. The van der Waals surface area contributed by atoms with E-state index in [-0.39, 0.29) is 5.75 Å². The van der Waals surface area contributed by atoms with Gasteiger partial charge in [0.05, 0.1) is 5.52 Å². The largest absolute Gasteiger partial charge is 0.507 e. The number of rotatable bonds is 0. The maximum absolute atomic E-state index is 9.47. The first-order valence-electron chi connectivity index (χ1n) is 3.68. The summed E-state index contributed by atoms with van der Waals surface area (Å²) in [5, 5.41) is 10.2. The van der Waals surface area contributed by atoms with Crippen LogP contribution in [0.5, 0.6) is 5.75 Å². The molecule has 2 nitrogen and oxygen atoms in total. The van der Waals surface area contributed by atoms with Crippen molar-refractivity contribution in [2.24, 2.45) is 0 Å². The number of para-hydroxylation sites is 1. The van der Waals surface area contributed by atoms with Crippen LogP contribution in [0.1, 0.15) is 5.69 Å². The van der Waals surface area contributed by atoms with Crippen molar-refractivity contribution in [1.82, 2.24) is 4.98 Å². The SMILES string of the molecule is [CH2]c1cc(O)c2ccccc2n1. The second-order valence-corrected chi connectivity index (χ2v) is 2.65. The molecule has 1 aromatic heterocycles. The number of hydrogen-bond donors (Lipinski definition) is 1. The molecule has 0 amide bonds. The Hall–Kier alpha value is -1.57. The molecule has 0 aliphatic rings. The lowest BCUT2D eigenvalue weighted by molar-refractivity contribution is 0.481. The van der Waals surface area contributed by atoms with Crippen LogP contribution in [0, 0.1) is 6.92 Å². The van der Waals surface area contributed by atoms with E-state index in [1.807, 2.05) is 24.3 Å². The van der Waals surface area contributed by atoms with Crippen molar-refractivity contribution in [3.05, 3.63) is 42.9 Å². The highest BCUT2D eigenvalue weighted by atomic mass is 16.3. The van der Waals surface area contributed by atoms with Crippen LogP contribution in [0.15, 0.2) is 30.3 Å². The molecule has 59 valence electrons. The Labute approximate surface area is 70.5 Å². The first-order valence-corrected chi connectivity index (χ1v) is 3.68. The summed E-state index contributed by atoms with van der Waals surface area (Å²) in [5.41, 5.74) is 1.37. The standard InChI is InChI=1S/C10H8NO/c1-7-6-10(12)8-4-2-3-5-9(8)11-7/h2-6H,1H2,(H,11,12). The average Bonchev–Trinajstić information content (AvgIpc) is 2.04. The highest BCUT2D eigenvalue weighted by Gasteiger charge is 1.99. The highest BCUT2D eigenvalue weighted by molar-refractivity contribution is 5.84. The topological polar surface area (TPSA) is 33.1 Å². The van der Waals surface area contributed by atoms with Gasteiger partial charge in [-0.1, -0.05) is 12.1 Å². The summed E-state index contributed by atoms with van der Waals surface area (Å²) in [7, 11) is 0. The molecule has 1 N–H and O–H groups in total. The Morgan fingerprint density at radius 3 is 2.83 bits per heavy atom. The van der Waals surface area contributed by atoms with Gasteiger partial charge in [0, 0.05) is 17.1 Å². The molecule has 12 heavy (non-hydrogen) atoms. The molecule has 0 aliphatic heterocycles. The quantitative estimate of drug-likeness (QED) is 0.637. The fourth-order valence-corrected chi connectivity index (χ4v) is 1.21. The number of nitrogens with zero attached hydrogens (tertiary/aromatic N) is 1. The van der Waals surface area contributed by atoms with Gasteiger partial charge in [0.1, 0.15) is 5.75 Å². The first-order chi connectivity index (χ1) is 5.77. The maximum atomic E-state index is 9.47. The summed E-state index contributed by atoms with van der Waals surface area (Å²) in [6.07, 6.45) is 0. The number of fused-ring (bicyclic) bond motifs is 1. The lowest BCUT2D eigenvalue weighted by Gasteiger charge is -2.00. The summed E-state index contributed by atoms with van der Waals surface area (Å²) < 4.78 is 0. The maximum Gasteiger partial charge on any atom is 0.126 e. The van der Waals surface area contributed by atoms with Crippen LogP contribution in [-0.4, -0.2) is 10.1 Å². The van der Waals surface area contributed by atoms with Gasteiger partial charge in [-0.05, 0) is 19.1 Å². The van der Waals surface area contributed by atoms with Gasteiger partial charge in [0.2, 0.25) is 0 Å². The molecule has 1 aromatic carbocycles. The summed E-state index contributed by atoms with van der Waals surface area (Å²) >= 11 is 0. The second kappa shape index (κ2) is 2.48. The summed E-state index contributed by atoms with van der Waals surface area (Å²) in [6, 6.07) is 8.99. The molecular formula is C10H8NO. The number of benzene rings is 1. The van der Waals surface area contributed by atoms with Gasteiger partial charge >= 0.3 is 0 Å². The van der Waals surface area contributed by atoms with Crippen LogP contribution in [-0.2, 0) is 0 Å². The van der Waals surface area contributed by atoms with Gasteiger partial charge in [-0.3, -0.25) is 4.98 Å². The van der Waals surface area contributed by atoms with Gasteiger partial charge in [-0.15, -0.1) is 0 Å². The lowest BCUT2D eigenvalue weighted by atomic mass is 10.2. The fraction of sp³-hybridized carbons (Fsp3) is 0. The van der Waals surface area contributed by atoms with Crippen molar-refractivity contribution in [2.75, 3.05) is 0 Å². The molecule has 0 fully saturated rings. The molecule has 0 aliphatic carbocycles. The van der Waals surface area contributed by atoms with Gasteiger partial charge in [0.15, 0.2) is 0 Å². The molecule has 2 aromatic rings. The van der Waals surface area contributed by atoms with Crippen molar-refractivity contribution in [3.8, 4) is 5.75 Å². The zero-order valence-electron chi connectivity index (χ0n) is 6.49. The Morgan fingerprint density at radius 2 is 2.00 bits per heavy atom. The Bertz CT molecular complexity index is 423. The number of aromatic hydroxyl groups is 1. The molecule has 0 saturated heterocycles. The second-order valence-electron chi connectivity index (χ2n) is 2.65. The van der Waals surface area contributed by atoms with Gasteiger partial charge in [0.25, 0.3) is 0 Å². The van der Waals surface area contributed by atoms with E-state index in [9.17, 15) is 5.11 Å². The lowest BCUT2D eigenvalue weighted by Crippen LogP contribution is -1.82. The molecule has 0 bridgehead atoms. The monoisotopic (exact) mass is 158 g/mol. The minimum Gasteiger partial charge on any atom is -0.507 e. The van der Waals surface area contributed by atoms with Crippen molar-refractivity contribution in [3.63, 3.8) is 0 Å². The normalized spacial score (nSPS) is 10.4. The van der Waals surface area contributed by atoms with E-state index in [0.29, 0.717) is 5.69 Å². The minimum atomic E-state index is 0.241. The number of hydrogen-bond acceptors (Lipinski definition) is 2. The predicted octanol–water partition coefficient (Wildman–Crippen LogP) is 2.12. The summed E-state index contributed by atoms with van der Waals surface area (Å²) in [4.78, 5) is 4.17. The van der Waals surface area contributed by atoms with E-state index in [2.05, 4.69) is 11.9 Å². The van der Waals surface area contributed by atoms with Crippen LogP contribution in [0.2, 0.25) is 0 Å². The Kier molecular flexibility index (Phi) is 1.47. The van der Waals surface area contributed by atoms with E-state index < -0.39 is 0 Å². The van der Waals surface area contributed by atoms with E-state index in [1.54, 1.807) is 6.07 Å². The van der Waals surface area contributed by atoms with Crippen molar-refractivity contribution in [1.29, 1.82) is 0 Å². The summed E-state index contributed by atoms with van der Waals surface area (Å²) in [6.45, 7) is 3.66. The predicted molar refractivity (Wildman–Crippen MR) is 47.9 cm³/mol. The van der Waals surface area contributed by atoms with Crippen molar-refractivity contribution >= 4 is 10.9 Å². The molecule has 0 spiro atoms. The molecule has 2 heteroatoms. The molecule has 0 saturated carbocycles. The zero-order valence-corrected chi connectivity index (χ0v) is 6.49. The van der Waals surface area contributed by atoms with E-state index in [1.165, 1.54) is 0 Å². The molecule has 0 atom stereocenters. The van der Waals surface area contributed by atoms with Crippen LogP contribution in [0.4, 0.5) is 0 Å². The summed E-state index contributed by atoms with van der Waals surface area (Å²) in [5.74, 6) is 0.241. The van der Waals surface area contributed by atoms with E-state index >= 15 is 0 Å². The van der Waals surface area contributed by atoms with Crippen molar-refractivity contribution in [2.45, 2.75) is 0 Å². The molecule has 1 radical (unpaired) electrons. The minimum absolute atomic E-state index is 0.241. The fourth-order valence-electron chi connectivity index (χ4n) is 1.21. The number of pyridine rings is 1. The molecular weight excluding hydrogens is 150 g/mol. The van der Waals surface area contributed by atoms with Crippen LogP contribution >= 0.6 is 0 Å². The molecule has 2 rings (SSSR count). The third kappa shape index (κ3) is 1.01. The van der Waals surface area contributed by atoms with Crippen LogP contribution < -0.4 is 0 Å². The van der Waals surface area contributed by atoms with Gasteiger partial charge in [-0.2, -0.15) is 0 Å². The third-order valence-corrected chi connectivity index (χ3v) is 1.75. The zero-order chi connectivity index (χ0) is 8.55. The number of aromatic nitrogens is 1. The van der Waals surface area contributed by atoms with E-state index in [0.717, 1.165) is 10.9 Å².